The van der Waals surface area contributed by atoms with Crippen molar-refractivity contribution in [3.63, 3.8) is 0 Å². The molecule has 1 aliphatic heterocycles. The van der Waals surface area contributed by atoms with Gasteiger partial charge in [-0.1, -0.05) is 6.07 Å². The number of pyridine rings is 1. The molecule has 8 heteroatoms. The minimum atomic E-state index is -3.57. The minimum Gasteiger partial charge on any atom is -0.472 e. The monoisotopic (exact) mass is 415 g/mol. The molecule has 2 heterocycles. The second-order valence-electron chi connectivity index (χ2n) is 7.73. The third-order valence-corrected chi connectivity index (χ3v) is 7.36. The molecule has 154 valence electrons. The van der Waals surface area contributed by atoms with Crippen molar-refractivity contribution in [3.8, 4) is 5.88 Å². The lowest BCUT2D eigenvalue weighted by molar-refractivity contribution is 0.0818. The Morgan fingerprint density at radius 2 is 2.00 bits per heavy atom. The summed E-state index contributed by atoms with van der Waals surface area (Å²) in [6.45, 7) is 0.624. The van der Waals surface area contributed by atoms with Crippen LogP contribution in [0.5, 0.6) is 5.88 Å². The van der Waals surface area contributed by atoms with Gasteiger partial charge in [0.15, 0.2) is 0 Å². The molecule has 29 heavy (non-hydrogen) atoms. The van der Waals surface area contributed by atoms with E-state index in [0.29, 0.717) is 23.4 Å². The molecule has 7 nitrogen and oxygen atoms in total. The molecule has 1 amide bonds. The summed E-state index contributed by atoms with van der Waals surface area (Å²) in [4.78, 5) is 18.3. The van der Waals surface area contributed by atoms with E-state index in [4.69, 9.17) is 4.74 Å². The molecule has 1 aromatic heterocycles. The van der Waals surface area contributed by atoms with E-state index in [1.165, 1.54) is 14.8 Å². The maximum atomic E-state index is 13.1. The fraction of sp³-hybridized carbons (Fsp3) is 0.429. The molecular weight excluding hydrogens is 390 g/mol. The van der Waals surface area contributed by atoms with E-state index >= 15 is 0 Å². The van der Waals surface area contributed by atoms with Crippen LogP contribution >= 0.6 is 0 Å². The van der Waals surface area contributed by atoms with Crippen LogP contribution < -0.4 is 4.74 Å². The van der Waals surface area contributed by atoms with Crippen LogP contribution in [0.15, 0.2) is 41.4 Å². The highest BCUT2D eigenvalue weighted by molar-refractivity contribution is 7.89. The number of aryl methyl sites for hydroxylation is 2. The maximum Gasteiger partial charge on any atom is 0.258 e. The minimum absolute atomic E-state index is 0.200. The highest BCUT2D eigenvalue weighted by Crippen LogP contribution is 2.29. The molecule has 1 aromatic carbocycles. The second kappa shape index (κ2) is 7.76. The summed E-state index contributed by atoms with van der Waals surface area (Å²) in [5, 5.41) is 0. The lowest BCUT2D eigenvalue weighted by Gasteiger charge is -2.19. The van der Waals surface area contributed by atoms with E-state index in [0.717, 1.165) is 24.8 Å². The number of nitrogens with zero attached hydrogens (tertiary/aromatic N) is 3. The number of hydrogen-bond acceptors (Lipinski definition) is 5. The highest BCUT2D eigenvalue weighted by Gasteiger charge is 2.35. The van der Waals surface area contributed by atoms with Gasteiger partial charge in [0.25, 0.3) is 5.91 Å². The number of sulfonamides is 1. The van der Waals surface area contributed by atoms with E-state index in [9.17, 15) is 13.2 Å². The van der Waals surface area contributed by atoms with Gasteiger partial charge in [-0.3, -0.25) is 4.79 Å². The van der Waals surface area contributed by atoms with E-state index in [2.05, 4.69) is 4.98 Å². The Kier molecular flexibility index (Phi) is 5.31. The van der Waals surface area contributed by atoms with Crippen molar-refractivity contribution in [2.24, 2.45) is 0 Å². The molecule has 2 aliphatic rings. The van der Waals surface area contributed by atoms with Crippen LogP contribution in [-0.4, -0.2) is 61.8 Å². The van der Waals surface area contributed by atoms with Gasteiger partial charge in [0.1, 0.15) is 11.7 Å². The van der Waals surface area contributed by atoms with Crippen LogP contribution in [0.1, 0.15) is 34.3 Å². The molecular formula is C21H25N3O4S. The van der Waals surface area contributed by atoms with E-state index in [-0.39, 0.29) is 24.4 Å². The molecule has 2 aromatic rings. The topological polar surface area (TPSA) is 79.8 Å². The van der Waals surface area contributed by atoms with Gasteiger partial charge in [-0.05, 0) is 61.1 Å². The van der Waals surface area contributed by atoms with Gasteiger partial charge >= 0.3 is 0 Å². The highest BCUT2D eigenvalue weighted by atomic mass is 32.2. The first kappa shape index (κ1) is 19.8. The van der Waals surface area contributed by atoms with E-state index < -0.39 is 10.0 Å². The fourth-order valence-corrected chi connectivity index (χ4v) is 5.45. The van der Waals surface area contributed by atoms with Crippen LogP contribution in [-0.2, 0) is 22.9 Å². The Bertz CT molecular complexity index is 1040. The average molecular weight is 416 g/mol. The number of benzene rings is 1. The molecule has 0 saturated carbocycles. The van der Waals surface area contributed by atoms with Gasteiger partial charge in [-0.2, -0.15) is 4.31 Å². The smallest absolute Gasteiger partial charge is 0.258 e. The maximum absolute atomic E-state index is 13.1. The van der Waals surface area contributed by atoms with Gasteiger partial charge in [0.2, 0.25) is 15.9 Å². The second-order valence-corrected chi connectivity index (χ2v) is 9.67. The standard InChI is InChI=1S/C21H25N3O4S/c1-23(2)21(25)19-7-4-11-22-20(19)28-17-10-12-24(14-17)29(26,27)18-9-8-15-5-3-6-16(15)13-18/h4,7-9,11,13,17H,3,5-6,10,12,14H2,1-2H3. The van der Waals surface area contributed by atoms with E-state index in [1.54, 1.807) is 38.5 Å². The summed E-state index contributed by atoms with van der Waals surface area (Å²) < 4.78 is 33.6. The lowest BCUT2D eigenvalue weighted by Crippen LogP contribution is -2.31. The molecule has 4 rings (SSSR count). The van der Waals surface area contributed by atoms with Crippen molar-refractivity contribution in [2.75, 3.05) is 27.2 Å². The van der Waals surface area contributed by atoms with Crippen molar-refractivity contribution in [2.45, 2.75) is 36.7 Å². The van der Waals surface area contributed by atoms with Crippen LogP contribution in [0.3, 0.4) is 0 Å². The molecule has 1 aliphatic carbocycles. The quantitative estimate of drug-likeness (QED) is 0.747. The number of rotatable bonds is 5. The zero-order valence-corrected chi connectivity index (χ0v) is 17.5. The van der Waals surface area contributed by atoms with E-state index in [1.807, 2.05) is 12.1 Å². The third-order valence-electron chi connectivity index (χ3n) is 5.50. The zero-order valence-electron chi connectivity index (χ0n) is 16.7. The summed E-state index contributed by atoms with van der Waals surface area (Å²) in [5.74, 6) is 0.0432. The summed E-state index contributed by atoms with van der Waals surface area (Å²) in [5.41, 5.74) is 2.76. The van der Waals surface area contributed by atoms with Crippen LogP contribution in [0.25, 0.3) is 0 Å². The Hall–Kier alpha value is -2.45. The Morgan fingerprint density at radius 1 is 1.21 bits per heavy atom. The number of amides is 1. The van der Waals surface area contributed by atoms with Gasteiger partial charge in [-0.15, -0.1) is 0 Å². The fourth-order valence-electron chi connectivity index (χ4n) is 3.92. The first-order valence-electron chi connectivity index (χ1n) is 9.81. The normalized spacial score (nSPS) is 19.2. The lowest BCUT2D eigenvalue weighted by atomic mass is 10.1. The molecule has 1 atom stereocenters. The van der Waals surface area contributed by atoms with Crippen molar-refractivity contribution >= 4 is 15.9 Å². The summed E-state index contributed by atoms with van der Waals surface area (Å²) in [6.07, 6.45) is 4.81. The van der Waals surface area contributed by atoms with Crippen LogP contribution in [0, 0.1) is 0 Å². The molecule has 0 spiro atoms. The molecule has 1 unspecified atom stereocenters. The zero-order chi connectivity index (χ0) is 20.6. The van der Waals surface area contributed by atoms with Gasteiger partial charge in [-0.25, -0.2) is 13.4 Å². The number of fused-ring (bicyclic) bond motifs is 1. The summed E-state index contributed by atoms with van der Waals surface area (Å²) >= 11 is 0. The number of carbonyl (C=O) groups is 1. The summed E-state index contributed by atoms with van der Waals surface area (Å²) in [7, 11) is -0.235. The predicted octanol–water partition coefficient (Wildman–Crippen LogP) is 2.11. The molecule has 0 bridgehead atoms. The van der Waals surface area contributed by atoms with Gasteiger partial charge < -0.3 is 9.64 Å². The number of ether oxygens (including phenoxy) is 1. The molecule has 0 N–H and O–H groups in total. The Morgan fingerprint density at radius 3 is 2.79 bits per heavy atom. The van der Waals surface area contributed by atoms with Crippen molar-refractivity contribution in [3.05, 3.63) is 53.2 Å². The first-order valence-corrected chi connectivity index (χ1v) is 11.3. The average Bonchev–Trinajstić information content (AvgIpc) is 3.36. The molecule has 1 saturated heterocycles. The predicted molar refractivity (Wildman–Crippen MR) is 109 cm³/mol. The molecule has 0 radical (unpaired) electrons. The molecule has 1 fully saturated rings. The van der Waals surface area contributed by atoms with Crippen LogP contribution in [0.2, 0.25) is 0 Å². The number of carbonyl (C=O) groups excluding carboxylic acids is 1. The SMILES string of the molecule is CN(C)C(=O)c1cccnc1OC1CCN(S(=O)(=O)c2ccc3c(c2)CCC3)C1. The van der Waals surface area contributed by atoms with Crippen molar-refractivity contribution in [1.29, 1.82) is 0 Å². The van der Waals surface area contributed by atoms with Gasteiger partial charge in [0.05, 0.1) is 11.4 Å². The Labute approximate surface area is 171 Å². The third kappa shape index (κ3) is 3.86. The first-order chi connectivity index (χ1) is 13.9. The van der Waals surface area contributed by atoms with Crippen molar-refractivity contribution in [1.82, 2.24) is 14.2 Å². The van der Waals surface area contributed by atoms with Crippen LogP contribution in [0.4, 0.5) is 0 Å². The van der Waals surface area contributed by atoms with Gasteiger partial charge in [0, 0.05) is 26.8 Å². The summed E-state index contributed by atoms with van der Waals surface area (Å²) in [6, 6.07) is 8.81. The largest absolute Gasteiger partial charge is 0.472 e. The van der Waals surface area contributed by atoms with Crippen molar-refractivity contribution < 1.29 is 17.9 Å². The number of aromatic nitrogens is 1. The number of hydrogen-bond donors (Lipinski definition) is 0. The Balaban J connectivity index is 1.49.